The molecule has 3 saturated carbocycles. The number of likely N-dealkylation sites (tertiary alicyclic amines) is 3. The van der Waals surface area contributed by atoms with E-state index in [1.165, 1.54) is 6.26 Å². The molecule has 0 radical (unpaired) electrons. The summed E-state index contributed by atoms with van der Waals surface area (Å²) in [6.45, 7) is 7.08. The number of carboxylic acids is 3. The van der Waals surface area contributed by atoms with Gasteiger partial charge in [0, 0.05) is 95.1 Å². The minimum atomic E-state index is -4.74. The van der Waals surface area contributed by atoms with Gasteiger partial charge in [-0.3, -0.25) is 29.1 Å². The Labute approximate surface area is 687 Å². The van der Waals surface area contributed by atoms with Crippen molar-refractivity contribution < 1.29 is 127 Å². The maximum absolute atomic E-state index is 13.5. The lowest BCUT2D eigenvalue weighted by Gasteiger charge is -2.43. The number of fused-ring (bicyclic) bond motifs is 3. The molecule has 6 heterocycles. The maximum Gasteiger partial charge on any atom is 0.416 e. The number of halogens is 19. The number of aryl methyl sites for hydroxylation is 3. The van der Waals surface area contributed by atoms with Crippen molar-refractivity contribution in [2.45, 2.75) is 210 Å². The van der Waals surface area contributed by atoms with Gasteiger partial charge in [0.15, 0.2) is 0 Å². The second-order valence-electron chi connectivity index (χ2n) is 33.8. The minimum absolute atomic E-state index is 0.0388. The van der Waals surface area contributed by atoms with E-state index in [-0.39, 0.29) is 102 Å². The van der Waals surface area contributed by atoms with E-state index >= 15 is 0 Å². The summed E-state index contributed by atoms with van der Waals surface area (Å²) in [5.74, 6) is -0.983. The number of ether oxygens (including phenoxy) is 3. The summed E-state index contributed by atoms with van der Waals surface area (Å²) in [5, 5.41) is 28.9. The lowest BCUT2D eigenvalue weighted by atomic mass is 9.82. The molecule has 9 aliphatic rings. The molecule has 6 aromatic rings. The zero-order chi connectivity index (χ0) is 87.0. The Balaban J connectivity index is 0.000000162. The van der Waals surface area contributed by atoms with Crippen LogP contribution >= 0.6 is 12.1 Å². The molecule has 6 aromatic carbocycles. The van der Waals surface area contributed by atoms with Crippen LogP contribution in [0.2, 0.25) is 0 Å². The molecule has 0 bridgehead atoms. The highest BCUT2D eigenvalue weighted by Gasteiger charge is 2.48. The van der Waals surface area contributed by atoms with E-state index in [0.29, 0.717) is 112 Å². The molecule has 9 atom stereocenters. The highest BCUT2D eigenvalue weighted by Crippen LogP contribution is 2.53. The predicted octanol–water partition coefficient (Wildman–Crippen LogP) is 22.7. The van der Waals surface area contributed by atoms with Crippen molar-refractivity contribution in [1.82, 2.24) is 14.7 Å². The molecule has 3 saturated heterocycles. The van der Waals surface area contributed by atoms with Crippen LogP contribution in [-0.2, 0) is 90.3 Å². The summed E-state index contributed by atoms with van der Waals surface area (Å²) in [6.07, 6.45) is -14.2. The molecular formula is C88H96F19N3O9S. The van der Waals surface area contributed by atoms with Crippen LogP contribution in [0.5, 0.6) is 17.2 Å². The van der Waals surface area contributed by atoms with Crippen LogP contribution in [0, 0.1) is 53.3 Å². The second-order valence-corrected chi connectivity index (χ2v) is 34.1. The first-order valence-corrected chi connectivity index (χ1v) is 41.7. The molecule has 6 aliphatic heterocycles. The van der Waals surface area contributed by atoms with Crippen LogP contribution in [0.4, 0.5) is 82.9 Å². The molecule has 15 rings (SSSR count). The molecule has 0 amide bonds. The smallest absolute Gasteiger partial charge is 0.416 e. The number of hydrogen-bond acceptors (Lipinski definition) is 10. The third-order valence-electron chi connectivity index (χ3n) is 25.2. The van der Waals surface area contributed by atoms with Crippen LogP contribution < -0.4 is 14.2 Å². The van der Waals surface area contributed by atoms with Crippen molar-refractivity contribution >= 4 is 30.1 Å². The summed E-state index contributed by atoms with van der Waals surface area (Å²) in [5.41, 5.74) is -1.58. The average Bonchev–Trinajstić information content (AvgIpc) is 0.893. The van der Waals surface area contributed by atoms with Crippen molar-refractivity contribution in [3.05, 3.63) is 193 Å². The Bertz CT molecular complexity index is 4130. The molecular weight excluding hydrogens is 1640 g/mol. The fraction of sp³-hybridized carbons (Fsp3) is 0.557. The van der Waals surface area contributed by atoms with Gasteiger partial charge in [0.25, 0.3) is 0 Å². The van der Waals surface area contributed by atoms with Crippen molar-refractivity contribution in [2.75, 3.05) is 45.5 Å². The summed E-state index contributed by atoms with van der Waals surface area (Å²) in [7, 11) is 0. The van der Waals surface area contributed by atoms with Crippen molar-refractivity contribution in [3.8, 4) is 17.2 Å². The zero-order valence-electron chi connectivity index (χ0n) is 66.2. The van der Waals surface area contributed by atoms with Gasteiger partial charge in [-0.1, -0.05) is 57.2 Å². The van der Waals surface area contributed by atoms with Gasteiger partial charge in [-0.25, -0.2) is 0 Å². The quantitative estimate of drug-likeness (QED) is 0.0588. The van der Waals surface area contributed by atoms with Gasteiger partial charge < -0.3 is 29.5 Å². The Morgan fingerprint density at radius 1 is 0.367 bits per heavy atom. The topological polar surface area (TPSA) is 149 Å². The molecule has 3 aliphatic carbocycles. The number of hydrogen-bond donors (Lipinski definition) is 3. The van der Waals surface area contributed by atoms with Crippen LogP contribution in [0.1, 0.15) is 199 Å². The van der Waals surface area contributed by atoms with Crippen LogP contribution in [0.25, 0.3) is 0 Å². The van der Waals surface area contributed by atoms with E-state index in [9.17, 15) is 113 Å². The number of carboxylic acid groups (broad SMARTS) is 3. The van der Waals surface area contributed by atoms with E-state index < -0.39 is 106 Å². The lowest BCUT2D eigenvalue weighted by molar-refractivity contribution is -0.143. The molecule has 12 nitrogen and oxygen atoms in total. The van der Waals surface area contributed by atoms with E-state index in [4.69, 9.17) is 14.2 Å². The third kappa shape index (κ3) is 22.5. The van der Waals surface area contributed by atoms with E-state index in [0.717, 1.165) is 147 Å². The Hall–Kier alpha value is -7.97. The number of carbonyl (C=O) groups is 3. The summed E-state index contributed by atoms with van der Waals surface area (Å²) in [4.78, 5) is 40.4. The van der Waals surface area contributed by atoms with E-state index in [1.807, 2.05) is 54.6 Å². The normalized spacial score (nSPS) is 21.9. The van der Waals surface area contributed by atoms with Crippen molar-refractivity contribution in [3.63, 3.8) is 0 Å². The molecule has 32 heteroatoms. The monoisotopic (exact) mass is 1730 g/mol. The molecule has 120 heavy (non-hydrogen) atoms. The first-order chi connectivity index (χ1) is 56.3. The Kier molecular flexibility index (Phi) is 28.0. The Morgan fingerprint density at radius 3 is 0.800 bits per heavy atom. The first kappa shape index (κ1) is 91.2. The SMILES string of the molecule is CSF.C[C@H](C(=O)O)[C@H](c1ccc2c(c1)OC(C1CN(Cc3cc(C(F)(F)F)ccc3C(F)(F)F)C1)CCC2)C1CC1.C[C@H](C(=O)O)[C@H](c1ccc2c(c1)OC(C1CN(Cc3cc(C(F)(F)F)ccc3C(F)(F)F)C1)CCC2)C1CC1.C[C@H](C(=O)O)[C@H](c1ccc2c(c1)OC(C1CN(Cc3cc(C(F)(F)F)ccc3C(F)(F)F)C1)CCC2)C1CC1. The van der Waals surface area contributed by atoms with Gasteiger partial charge in [0.2, 0.25) is 0 Å². The van der Waals surface area contributed by atoms with Crippen molar-refractivity contribution in [1.29, 1.82) is 0 Å². The van der Waals surface area contributed by atoms with Gasteiger partial charge >= 0.3 is 55.0 Å². The van der Waals surface area contributed by atoms with Crippen molar-refractivity contribution in [2.24, 2.45) is 53.3 Å². The molecule has 0 aromatic heterocycles. The van der Waals surface area contributed by atoms with E-state index in [1.54, 1.807) is 35.5 Å². The zero-order valence-corrected chi connectivity index (χ0v) is 67.1. The largest absolute Gasteiger partial charge is 0.490 e. The fourth-order valence-electron chi connectivity index (χ4n) is 18.3. The van der Waals surface area contributed by atoms with Gasteiger partial charge in [-0.15, -0.1) is 0 Å². The van der Waals surface area contributed by atoms with Gasteiger partial charge in [-0.05, 0) is 255 Å². The number of benzene rings is 6. The van der Waals surface area contributed by atoms with Gasteiger partial charge in [0.1, 0.15) is 35.6 Å². The second kappa shape index (κ2) is 36.8. The first-order valence-electron chi connectivity index (χ1n) is 40.6. The number of rotatable bonds is 21. The van der Waals surface area contributed by atoms with Gasteiger partial charge in [0.05, 0.1) is 51.1 Å². The highest BCUT2D eigenvalue weighted by atomic mass is 32.2. The number of alkyl halides is 18. The van der Waals surface area contributed by atoms with Crippen LogP contribution in [0.3, 0.4) is 0 Å². The summed E-state index contributed by atoms with van der Waals surface area (Å²) >= 11 is 0.250. The average molecular weight is 1730 g/mol. The lowest BCUT2D eigenvalue weighted by Crippen LogP contribution is -2.52. The summed E-state index contributed by atoms with van der Waals surface area (Å²) < 4.78 is 269. The fourth-order valence-corrected chi connectivity index (χ4v) is 18.3. The third-order valence-corrected chi connectivity index (χ3v) is 25.2. The number of aliphatic carboxylic acids is 3. The molecule has 0 spiro atoms. The molecule has 3 unspecified atom stereocenters. The van der Waals surface area contributed by atoms with Gasteiger partial charge in [-0.2, -0.15) is 82.9 Å². The standard InChI is InChI=1S/3C29H31F6NO3.CH3FS/c3*1-16(27(37)38)26(18-6-7-18)19-8-5-17-3-2-4-24(39-25(17)12-19)21-14-36(15-21)13-20-11-22(28(30,31)32)9-10-23(20)29(33,34)35;1-3-2/h3*5,8-12,16,18,21,24,26H,2-4,6-7,13-15H2,1H3,(H,37,38);1H3/t3*16-,24?,26-;/m000./s1. The number of nitrogens with zero attached hydrogens (tertiary/aromatic N) is 3. The molecule has 6 fully saturated rings. The van der Waals surface area contributed by atoms with Crippen LogP contribution in [-0.4, -0.2) is 112 Å². The van der Waals surface area contributed by atoms with E-state index in [2.05, 4.69) is 0 Å². The molecule has 656 valence electrons. The minimum Gasteiger partial charge on any atom is -0.490 e. The maximum atomic E-state index is 13.5. The highest BCUT2D eigenvalue weighted by molar-refractivity contribution is 7.93. The molecule has 3 N–H and O–H groups in total. The Morgan fingerprint density at radius 2 is 0.600 bits per heavy atom. The van der Waals surface area contributed by atoms with Crippen LogP contribution in [0.15, 0.2) is 109 Å². The summed E-state index contributed by atoms with van der Waals surface area (Å²) in [6, 6.07) is 22.7. The predicted molar refractivity (Wildman–Crippen MR) is 408 cm³/mol.